The molecule has 0 saturated heterocycles. The first-order valence-corrected chi connectivity index (χ1v) is 5.74. The van der Waals surface area contributed by atoms with E-state index in [4.69, 9.17) is 5.21 Å². The highest BCUT2D eigenvalue weighted by atomic mass is 32.2. The highest BCUT2D eigenvalue weighted by Crippen LogP contribution is 2.20. The van der Waals surface area contributed by atoms with Crippen LogP contribution in [0.4, 0.5) is 0 Å². The Morgan fingerprint density at radius 3 is 2.86 bits per heavy atom. The summed E-state index contributed by atoms with van der Waals surface area (Å²) in [5, 5.41) is 8.46. The van der Waals surface area contributed by atoms with Gasteiger partial charge < -0.3 is 5.21 Å². The largest absolute Gasteiger partial charge is 0.302 e. The summed E-state index contributed by atoms with van der Waals surface area (Å²) in [6, 6.07) is 4.53. The molecule has 0 aliphatic rings. The predicted octanol–water partition coefficient (Wildman–Crippen LogP) is 0.359. The standard InChI is InChI=1S/C6H5N3O3S2/c10-9-14(11,12)5-3-1-2-4-6(5)8-13-7-4/h1-3,9-10H. The predicted molar refractivity (Wildman–Crippen MR) is 49.5 cm³/mol. The van der Waals surface area contributed by atoms with Crippen LogP contribution in [0.1, 0.15) is 0 Å². The van der Waals surface area contributed by atoms with Crippen LogP contribution in [0, 0.1) is 0 Å². The average molecular weight is 231 g/mol. The van der Waals surface area contributed by atoms with E-state index >= 15 is 0 Å². The second kappa shape index (κ2) is 3.24. The molecule has 8 heteroatoms. The zero-order chi connectivity index (χ0) is 10.2. The van der Waals surface area contributed by atoms with Gasteiger partial charge in [-0.2, -0.15) is 8.75 Å². The molecule has 0 fully saturated rings. The number of nitrogens with one attached hydrogen (secondary N) is 1. The molecule has 14 heavy (non-hydrogen) atoms. The van der Waals surface area contributed by atoms with Crippen LogP contribution in [0.5, 0.6) is 0 Å². The molecule has 0 bridgehead atoms. The van der Waals surface area contributed by atoms with E-state index in [0.717, 1.165) is 11.7 Å². The second-order valence-electron chi connectivity index (χ2n) is 2.48. The molecule has 2 N–H and O–H groups in total. The van der Waals surface area contributed by atoms with Crippen molar-refractivity contribution < 1.29 is 13.6 Å². The van der Waals surface area contributed by atoms with Crippen molar-refractivity contribution in [2.45, 2.75) is 4.90 Å². The van der Waals surface area contributed by atoms with Crippen LogP contribution in [0.15, 0.2) is 23.1 Å². The normalized spacial score (nSPS) is 12.1. The molecule has 1 aromatic heterocycles. The molecular formula is C6H5N3O3S2. The van der Waals surface area contributed by atoms with Gasteiger partial charge in [0, 0.05) is 0 Å². The second-order valence-corrected chi connectivity index (χ2v) is 4.64. The summed E-state index contributed by atoms with van der Waals surface area (Å²) in [5.41, 5.74) is 0.755. The van der Waals surface area contributed by atoms with Gasteiger partial charge in [-0.3, -0.25) is 0 Å². The van der Waals surface area contributed by atoms with E-state index in [2.05, 4.69) is 8.75 Å². The Morgan fingerprint density at radius 1 is 1.36 bits per heavy atom. The number of hydrogen-bond donors (Lipinski definition) is 2. The third-order valence-electron chi connectivity index (χ3n) is 1.66. The van der Waals surface area contributed by atoms with Crippen LogP contribution in [0.2, 0.25) is 0 Å². The lowest BCUT2D eigenvalue weighted by molar-refractivity contribution is 0.243. The van der Waals surface area contributed by atoms with E-state index in [1.165, 1.54) is 17.0 Å². The lowest BCUT2D eigenvalue weighted by Gasteiger charge is -2.00. The molecular weight excluding hydrogens is 226 g/mol. The molecule has 0 atom stereocenters. The fraction of sp³-hybridized carbons (Fsp3) is 0. The van der Waals surface area contributed by atoms with Gasteiger partial charge in [-0.25, -0.2) is 8.42 Å². The van der Waals surface area contributed by atoms with Crippen LogP contribution in [-0.2, 0) is 10.0 Å². The topological polar surface area (TPSA) is 92.2 Å². The minimum Gasteiger partial charge on any atom is -0.302 e. The van der Waals surface area contributed by atoms with Gasteiger partial charge in [-0.15, -0.1) is 0 Å². The van der Waals surface area contributed by atoms with Crippen molar-refractivity contribution >= 4 is 32.8 Å². The first-order valence-electron chi connectivity index (χ1n) is 3.52. The number of rotatable bonds is 2. The molecule has 1 heterocycles. The van der Waals surface area contributed by atoms with Crippen molar-refractivity contribution in [2.24, 2.45) is 0 Å². The number of benzene rings is 1. The number of aromatic nitrogens is 2. The summed E-state index contributed by atoms with van der Waals surface area (Å²) < 4.78 is 30.3. The van der Waals surface area contributed by atoms with Crippen LogP contribution in [0.3, 0.4) is 0 Å². The number of fused-ring (bicyclic) bond motifs is 1. The minimum absolute atomic E-state index is 0.0775. The first kappa shape index (κ1) is 9.46. The molecule has 2 rings (SSSR count). The van der Waals surface area contributed by atoms with Gasteiger partial charge in [-0.05, 0) is 12.1 Å². The van der Waals surface area contributed by atoms with Crippen molar-refractivity contribution in [2.75, 3.05) is 0 Å². The number of sulfonamides is 1. The zero-order valence-electron chi connectivity index (χ0n) is 6.71. The van der Waals surface area contributed by atoms with Crippen LogP contribution < -0.4 is 4.89 Å². The van der Waals surface area contributed by atoms with E-state index in [1.54, 1.807) is 6.07 Å². The lowest BCUT2D eigenvalue weighted by atomic mass is 10.3. The van der Waals surface area contributed by atoms with Crippen molar-refractivity contribution in [3.05, 3.63) is 18.2 Å². The average Bonchev–Trinajstić information content (AvgIpc) is 2.64. The maximum absolute atomic E-state index is 11.3. The molecule has 74 valence electrons. The highest BCUT2D eigenvalue weighted by Gasteiger charge is 2.17. The lowest BCUT2D eigenvalue weighted by Crippen LogP contribution is -2.19. The maximum atomic E-state index is 11.3. The van der Waals surface area contributed by atoms with E-state index in [-0.39, 0.29) is 10.4 Å². The van der Waals surface area contributed by atoms with Crippen molar-refractivity contribution in [3.8, 4) is 0 Å². The Labute approximate surface area is 83.5 Å². The molecule has 0 spiro atoms. The third-order valence-corrected chi connectivity index (χ3v) is 3.35. The molecule has 0 aliphatic carbocycles. The third kappa shape index (κ3) is 1.38. The van der Waals surface area contributed by atoms with Gasteiger partial charge in [-0.1, -0.05) is 11.0 Å². The summed E-state index contributed by atoms with van der Waals surface area (Å²) in [6.07, 6.45) is 0. The number of hydrogen-bond acceptors (Lipinski definition) is 6. The van der Waals surface area contributed by atoms with E-state index in [9.17, 15) is 8.42 Å². The monoisotopic (exact) mass is 231 g/mol. The quantitative estimate of drug-likeness (QED) is 0.728. The summed E-state index contributed by atoms with van der Waals surface area (Å²) in [5.74, 6) is 0. The molecule has 0 aliphatic heterocycles. The van der Waals surface area contributed by atoms with Gasteiger partial charge in [0.15, 0.2) is 0 Å². The summed E-state index contributed by atoms with van der Waals surface area (Å²) in [7, 11) is -3.88. The van der Waals surface area contributed by atoms with Crippen molar-refractivity contribution in [1.82, 2.24) is 13.6 Å². The van der Waals surface area contributed by atoms with Crippen LogP contribution in [0.25, 0.3) is 11.0 Å². The van der Waals surface area contributed by atoms with Crippen LogP contribution in [-0.4, -0.2) is 22.4 Å². The summed E-state index contributed by atoms with van der Waals surface area (Å²) in [6.45, 7) is 0. The molecule has 0 radical (unpaired) electrons. The highest BCUT2D eigenvalue weighted by molar-refractivity contribution is 7.89. The SMILES string of the molecule is O=S(=O)(NO)c1cccc2nsnc12. The van der Waals surface area contributed by atoms with Crippen molar-refractivity contribution in [3.63, 3.8) is 0 Å². The van der Waals surface area contributed by atoms with Gasteiger partial charge in [0.2, 0.25) is 0 Å². The van der Waals surface area contributed by atoms with Gasteiger partial charge in [0.05, 0.1) is 11.7 Å². The minimum atomic E-state index is -3.88. The molecule has 6 nitrogen and oxygen atoms in total. The first-order chi connectivity index (χ1) is 6.65. The Kier molecular flexibility index (Phi) is 2.19. The molecule has 1 aromatic carbocycles. The van der Waals surface area contributed by atoms with Gasteiger partial charge >= 0.3 is 0 Å². The van der Waals surface area contributed by atoms with E-state index in [1.807, 2.05) is 0 Å². The fourth-order valence-corrected chi connectivity index (χ4v) is 2.42. The van der Waals surface area contributed by atoms with Gasteiger partial charge in [0.1, 0.15) is 15.9 Å². The van der Waals surface area contributed by atoms with Gasteiger partial charge in [0.25, 0.3) is 10.0 Å². The zero-order valence-corrected chi connectivity index (χ0v) is 8.34. The fourth-order valence-electron chi connectivity index (χ4n) is 1.05. The van der Waals surface area contributed by atoms with Crippen molar-refractivity contribution in [1.29, 1.82) is 0 Å². The van der Waals surface area contributed by atoms with Crippen LogP contribution >= 0.6 is 11.7 Å². The molecule has 0 unspecified atom stereocenters. The maximum Gasteiger partial charge on any atom is 0.264 e. The summed E-state index contributed by atoms with van der Waals surface area (Å²) in [4.78, 5) is 1.17. The van der Waals surface area contributed by atoms with E-state index in [0.29, 0.717) is 5.52 Å². The smallest absolute Gasteiger partial charge is 0.264 e. The molecule has 0 saturated carbocycles. The Morgan fingerprint density at radius 2 is 2.14 bits per heavy atom. The molecule has 0 amide bonds. The Bertz CT molecular complexity index is 562. The number of nitrogens with zero attached hydrogens (tertiary/aromatic N) is 2. The molecule has 2 aromatic rings. The summed E-state index contributed by atoms with van der Waals surface area (Å²) >= 11 is 0.920. The Hall–Kier alpha value is -1.09. The Balaban J connectivity index is 2.81. The van der Waals surface area contributed by atoms with E-state index < -0.39 is 10.0 Å².